The van der Waals surface area contributed by atoms with Gasteiger partial charge < -0.3 is 16.0 Å². The van der Waals surface area contributed by atoms with Gasteiger partial charge in [-0.15, -0.1) is 0 Å². The molecule has 0 fully saturated rings. The number of carboxylic acid groups (broad SMARTS) is 1. The first-order valence-electron chi connectivity index (χ1n) is 7.06. The number of nitrogens with zero attached hydrogens (tertiary/aromatic N) is 2. The number of rotatable bonds is 6. The number of benzene rings is 1. The SMILES string of the molecule is CC(C)(C)C(=[N+]=[N-])C(=O)C(CCc1ccccc1)NC(=O)O. The quantitative estimate of drug-likeness (QED) is 0.479. The molecule has 6 heteroatoms. The molecular formula is C16H21N3O3. The molecule has 0 saturated heterocycles. The van der Waals surface area contributed by atoms with E-state index in [2.05, 4.69) is 10.1 Å². The highest BCUT2D eigenvalue weighted by molar-refractivity contribution is 6.41. The summed E-state index contributed by atoms with van der Waals surface area (Å²) in [6.45, 7) is 5.19. The van der Waals surface area contributed by atoms with Gasteiger partial charge in [-0.3, -0.25) is 4.79 Å². The number of aryl methyl sites for hydroxylation is 1. The van der Waals surface area contributed by atoms with E-state index in [9.17, 15) is 9.59 Å². The van der Waals surface area contributed by atoms with Gasteiger partial charge in [-0.1, -0.05) is 30.3 Å². The molecular weight excluding hydrogens is 282 g/mol. The Hall–Kier alpha value is -2.46. The van der Waals surface area contributed by atoms with E-state index in [1.807, 2.05) is 30.3 Å². The summed E-state index contributed by atoms with van der Waals surface area (Å²) < 4.78 is 0. The molecule has 118 valence electrons. The molecule has 1 atom stereocenters. The number of hydrogen-bond acceptors (Lipinski definition) is 2. The fourth-order valence-corrected chi connectivity index (χ4v) is 2.11. The molecule has 1 amide bonds. The van der Waals surface area contributed by atoms with Crippen LogP contribution in [0.25, 0.3) is 5.53 Å². The maximum Gasteiger partial charge on any atom is 0.405 e. The molecule has 1 rings (SSSR count). The lowest BCUT2D eigenvalue weighted by Gasteiger charge is -2.18. The summed E-state index contributed by atoms with van der Waals surface area (Å²) in [5.74, 6) is -0.506. The third-order valence-electron chi connectivity index (χ3n) is 3.22. The third kappa shape index (κ3) is 5.14. The second-order valence-electron chi connectivity index (χ2n) is 6.09. The molecule has 0 spiro atoms. The lowest BCUT2D eigenvalue weighted by molar-refractivity contribution is -0.120. The summed E-state index contributed by atoms with van der Waals surface area (Å²) in [6, 6.07) is 8.53. The van der Waals surface area contributed by atoms with Crippen LogP contribution in [0.15, 0.2) is 30.3 Å². The van der Waals surface area contributed by atoms with Crippen molar-refractivity contribution < 1.29 is 19.5 Å². The van der Waals surface area contributed by atoms with Gasteiger partial charge in [0.05, 0.1) is 5.41 Å². The molecule has 1 unspecified atom stereocenters. The predicted octanol–water partition coefficient (Wildman–Crippen LogP) is 2.54. The van der Waals surface area contributed by atoms with Crippen LogP contribution in [0, 0.1) is 5.41 Å². The van der Waals surface area contributed by atoms with Crippen molar-refractivity contribution >= 4 is 17.6 Å². The van der Waals surface area contributed by atoms with Gasteiger partial charge in [0.2, 0.25) is 0 Å². The first-order valence-corrected chi connectivity index (χ1v) is 7.06. The van der Waals surface area contributed by atoms with Crippen LogP contribution >= 0.6 is 0 Å². The fourth-order valence-electron chi connectivity index (χ4n) is 2.11. The van der Waals surface area contributed by atoms with Gasteiger partial charge in [0, 0.05) is 0 Å². The number of ketones is 1. The van der Waals surface area contributed by atoms with Crippen LogP contribution in [0.3, 0.4) is 0 Å². The minimum absolute atomic E-state index is 0.0423. The molecule has 0 radical (unpaired) electrons. The van der Waals surface area contributed by atoms with Crippen molar-refractivity contribution in [2.75, 3.05) is 0 Å². The van der Waals surface area contributed by atoms with Crippen molar-refractivity contribution in [3.8, 4) is 0 Å². The highest BCUT2D eigenvalue weighted by Gasteiger charge is 2.39. The maximum absolute atomic E-state index is 12.5. The van der Waals surface area contributed by atoms with Gasteiger partial charge >= 0.3 is 11.8 Å². The summed E-state index contributed by atoms with van der Waals surface area (Å²) in [4.78, 5) is 26.5. The molecule has 0 bridgehead atoms. The van der Waals surface area contributed by atoms with Gasteiger partial charge in [0.15, 0.2) is 0 Å². The van der Waals surface area contributed by atoms with Crippen molar-refractivity contribution in [2.24, 2.45) is 5.41 Å². The van der Waals surface area contributed by atoms with Crippen molar-refractivity contribution in [1.82, 2.24) is 5.32 Å². The molecule has 0 saturated carbocycles. The first-order chi connectivity index (χ1) is 10.3. The van der Waals surface area contributed by atoms with Crippen molar-refractivity contribution in [3.05, 3.63) is 41.4 Å². The maximum atomic E-state index is 12.5. The Morgan fingerprint density at radius 1 is 1.27 bits per heavy atom. The van der Waals surface area contributed by atoms with Crippen molar-refractivity contribution in [2.45, 2.75) is 39.7 Å². The monoisotopic (exact) mass is 303 g/mol. The molecule has 22 heavy (non-hydrogen) atoms. The smallest absolute Gasteiger partial charge is 0.405 e. The van der Waals surface area contributed by atoms with Crippen LogP contribution in [0.1, 0.15) is 32.8 Å². The van der Waals surface area contributed by atoms with E-state index in [-0.39, 0.29) is 5.71 Å². The molecule has 0 aromatic heterocycles. The lowest BCUT2D eigenvalue weighted by Crippen LogP contribution is -2.47. The van der Waals surface area contributed by atoms with Crippen LogP contribution in [0.4, 0.5) is 4.79 Å². The molecule has 1 aromatic rings. The van der Waals surface area contributed by atoms with E-state index in [1.54, 1.807) is 20.8 Å². The molecule has 1 aromatic carbocycles. The summed E-state index contributed by atoms with van der Waals surface area (Å²) in [6.07, 6.45) is -0.442. The standard InChI is InChI=1S/C16H21N3O3/c1-16(2,3)14(19-17)13(20)12(18-15(21)22)10-9-11-7-5-4-6-8-11/h4-8,12,18H,9-10H2,1-3H3,(H,21,22). The van der Waals surface area contributed by atoms with E-state index in [0.717, 1.165) is 5.56 Å². The molecule has 2 N–H and O–H groups in total. The van der Waals surface area contributed by atoms with Gasteiger partial charge in [-0.05, 0) is 39.2 Å². The minimum atomic E-state index is -1.28. The zero-order chi connectivity index (χ0) is 16.8. The second kappa shape index (κ2) is 7.52. The van der Waals surface area contributed by atoms with Crippen LogP contribution in [0.5, 0.6) is 0 Å². The summed E-state index contributed by atoms with van der Waals surface area (Å²) in [5.41, 5.74) is 9.39. The summed E-state index contributed by atoms with van der Waals surface area (Å²) in [7, 11) is 0. The van der Waals surface area contributed by atoms with E-state index in [4.69, 9.17) is 10.6 Å². The van der Waals surface area contributed by atoms with Crippen LogP contribution in [0.2, 0.25) is 0 Å². The van der Waals surface area contributed by atoms with E-state index in [0.29, 0.717) is 12.8 Å². The number of carbonyl (C=O) groups is 2. The normalized spacial score (nSPS) is 12.1. The topological polar surface area (TPSA) is 103 Å². The van der Waals surface area contributed by atoms with Gasteiger partial charge in [-0.2, -0.15) is 4.79 Å². The Labute approximate surface area is 129 Å². The number of hydrogen-bond donors (Lipinski definition) is 2. The van der Waals surface area contributed by atoms with Crippen LogP contribution < -0.4 is 5.32 Å². The Kier molecular flexibility index (Phi) is 6.01. The predicted molar refractivity (Wildman–Crippen MR) is 82.8 cm³/mol. The Bertz CT molecular complexity index is 584. The minimum Gasteiger partial charge on any atom is -0.465 e. The molecule has 0 aliphatic heterocycles. The number of carbonyl (C=O) groups excluding carboxylic acids is 1. The van der Waals surface area contributed by atoms with Gasteiger partial charge in [0.1, 0.15) is 6.04 Å². The van der Waals surface area contributed by atoms with Crippen LogP contribution in [-0.2, 0) is 11.2 Å². The van der Waals surface area contributed by atoms with E-state index >= 15 is 0 Å². The van der Waals surface area contributed by atoms with E-state index < -0.39 is 23.3 Å². The lowest BCUT2D eigenvalue weighted by atomic mass is 9.84. The van der Waals surface area contributed by atoms with Crippen molar-refractivity contribution in [3.63, 3.8) is 0 Å². The fraction of sp³-hybridized carbons (Fsp3) is 0.438. The number of amides is 1. The number of Topliss-reactive ketones (excluding diaryl/α,β-unsaturated/α-hetero) is 1. The highest BCUT2D eigenvalue weighted by Crippen LogP contribution is 2.17. The molecule has 6 nitrogen and oxygen atoms in total. The van der Waals surface area contributed by atoms with Gasteiger partial charge in [0.25, 0.3) is 5.78 Å². The third-order valence-corrected chi connectivity index (χ3v) is 3.22. The Morgan fingerprint density at radius 2 is 1.86 bits per heavy atom. The zero-order valence-corrected chi connectivity index (χ0v) is 13.0. The Balaban J connectivity index is 2.90. The first kappa shape index (κ1) is 17.6. The summed E-state index contributed by atoms with van der Waals surface area (Å²) >= 11 is 0. The average molecular weight is 303 g/mol. The van der Waals surface area contributed by atoms with Crippen LogP contribution in [-0.4, -0.2) is 33.5 Å². The molecule has 0 heterocycles. The average Bonchev–Trinajstić information content (AvgIpc) is 2.43. The largest absolute Gasteiger partial charge is 0.465 e. The summed E-state index contributed by atoms with van der Waals surface area (Å²) in [5, 5.41) is 11.1. The van der Waals surface area contributed by atoms with Gasteiger partial charge in [-0.25, -0.2) is 4.79 Å². The number of nitrogens with one attached hydrogen (secondary N) is 1. The second-order valence-corrected chi connectivity index (χ2v) is 6.09. The molecule has 0 aliphatic carbocycles. The Morgan fingerprint density at radius 3 is 2.32 bits per heavy atom. The van der Waals surface area contributed by atoms with Crippen molar-refractivity contribution in [1.29, 1.82) is 0 Å². The zero-order valence-electron chi connectivity index (χ0n) is 13.0. The van der Waals surface area contributed by atoms with E-state index in [1.165, 1.54) is 0 Å². The molecule has 0 aliphatic rings. The highest BCUT2D eigenvalue weighted by atomic mass is 16.4.